The Morgan fingerprint density at radius 2 is 1.94 bits per heavy atom. The van der Waals surface area contributed by atoms with Crippen LogP contribution in [0.1, 0.15) is 50.7 Å². The molecule has 2 atom stereocenters. The van der Waals surface area contributed by atoms with Gasteiger partial charge in [0.05, 0.1) is 6.10 Å². The third-order valence-electron chi connectivity index (χ3n) is 3.98. The summed E-state index contributed by atoms with van der Waals surface area (Å²) in [5, 5.41) is 12.8. The van der Waals surface area contributed by atoms with Crippen molar-refractivity contribution in [3.8, 4) is 0 Å². The van der Waals surface area contributed by atoms with Crippen LogP contribution in [0.25, 0.3) is 0 Å². The van der Waals surface area contributed by atoms with Crippen molar-refractivity contribution in [3.63, 3.8) is 0 Å². The summed E-state index contributed by atoms with van der Waals surface area (Å²) < 4.78 is 0. The predicted octanol–water partition coefficient (Wildman–Crippen LogP) is 3.60. The monoisotopic (exact) mass is 255 g/mol. The normalized spacial score (nSPS) is 17.1. The molecular weight excluding hydrogens is 230 g/mol. The lowest BCUT2D eigenvalue weighted by molar-refractivity contribution is -0.0214. The number of thiophene rings is 1. The topological polar surface area (TPSA) is 23.5 Å². The average molecular weight is 255 g/mol. The molecule has 3 heteroatoms. The van der Waals surface area contributed by atoms with Crippen molar-refractivity contribution in [2.45, 2.75) is 52.7 Å². The largest absolute Gasteiger partial charge is 0.386 e. The Morgan fingerprint density at radius 1 is 1.35 bits per heavy atom. The number of nitrogens with zero attached hydrogens (tertiary/aromatic N) is 1. The zero-order valence-corrected chi connectivity index (χ0v) is 12.5. The van der Waals surface area contributed by atoms with Crippen molar-refractivity contribution in [1.29, 1.82) is 0 Å². The number of aliphatic hydroxyl groups is 1. The maximum Gasteiger partial charge on any atom is 0.0981 e. The van der Waals surface area contributed by atoms with Crippen LogP contribution in [0.4, 0.5) is 0 Å². The lowest BCUT2D eigenvalue weighted by Crippen LogP contribution is -2.50. The summed E-state index contributed by atoms with van der Waals surface area (Å²) in [4.78, 5) is 3.58. The van der Waals surface area contributed by atoms with Gasteiger partial charge in [0.15, 0.2) is 0 Å². The molecule has 0 radical (unpaired) electrons. The number of hydrogen-bond acceptors (Lipinski definition) is 3. The molecule has 1 N–H and O–H groups in total. The summed E-state index contributed by atoms with van der Waals surface area (Å²) in [6.07, 6.45) is 0.546. The van der Waals surface area contributed by atoms with Gasteiger partial charge < -0.3 is 5.11 Å². The van der Waals surface area contributed by atoms with Crippen LogP contribution in [0.3, 0.4) is 0 Å². The Balaban J connectivity index is 3.04. The first-order valence-corrected chi connectivity index (χ1v) is 7.36. The lowest BCUT2D eigenvalue weighted by atomic mass is 9.85. The molecule has 2 unspecified atom stereocenters. The van der Waals surface area contributed by atoms with Crippen LogP contribution in [0.5, 0.6) is 0 Å². The van der Waals surface area contributed by atoms with E-state index in [9.17, 15) is 5.11 Å². The minimum absolute atomic E-state index is 0.171. The van der Waals surface area contributed by atoms with Crippen LogP contribution in [0, 0.1) is 6.92 Å². The summed E-state index contributed by atoms with van der Waals surface area (Å²) >= 11 is 1.71. The maximum absolute atomic E-state index is 10.7. The van der Waals surface area contributed by atoms with E-state index in [0.717, 1.165) is 25.1 Å². The van der Waals surface area contributed by atoms with Gasteiger partial charge in [0, 0.05) is 10.4 Å². The number of rotatable bonds is 6. The van der Waals surface area contributed by atoms with Gasteiger partial charge in [-0.3, -0.25) is 4.90 Å². The fourth-order valence-corrected chi connectivity index (χ4v) is 3.28. The van der Waals surface area contributed by atoms with E-state index in [-0.39, 0.29) is 5.54 Å². The molecule has 17 heavy (non-hydrogen) atoms. The second kappa shape index (κ2) is 5.98. The molecule has 1 rings (SSSR count). The SMILES string of the molecule is CCN(CC)C(C)(CC)C(O)c1ccsc1C. The fourth-order valence-electron chi connectivity index (χ4n) is 2.55. The van der Waals surface area contributed by atoms with E-state index in [1.807, 2.05) is 0 Å². The smallest absolute Gasteiger partial charge is 0.0981 e. The highest BCUT2D eigenvalue weighted by molar-refractivity contribution is 7.10. The molecule has 0 aliphatic rings. The molecule has 0 aromatic carbocycles. The van der Waals surface area contributed by atoms with Crippen LogP contribution < -0.4 is 0 Å². The minimum Gasteiger partial charge on any atom is -0.386 e. The Morgan fingerprint density at radius 3 is 2.29 bits per heavy atom. The van der Waals surface area contributed by atoms with Crippen molar-refractivity contribution >= 4 is 11.3 Å². The first-order chi connectivity index (χ1) is 8.01. The van der Waals surface area contributed by atoms with Crippen molar-refractivity contribution in [2.24, 2.45) is 0 Å². The molecule has 0 aliphatic heterocycles. The summed E-state index contributed by atoms with van der Waals surface area (Å²) in [7, 11) is 0. The Labute approximate surface area is 109 Å². The van der Waals surface area contributed by atoms with E-state index in [2.05, 4.69) is 51.0 Å². The molecule has 0 fully saturated rings. The molecule has 1 heterocycles. The molecule has 0 bridgehead atoms. The summed E-state index contributed by atoms with van der Waals surface area (Å²) in [5.41, 5.74) is 0.918. The fraction of sp³-hybridized carbons (Fsp3) is 0.714. The van der Waals surface area contributed by atoms with Gasteiger partial charge in [-0.1, -0.05) is 20.8 Å². The van der Waals surface area contributed by atoms with Gasteiger partial charge >= 0.3 is 0 Å². The van der Waals surface area contributed by atoms with E-state index < -0.39 is 6.10 Å². The van der Waals surface area contributed by atoms with Crippen molar-refractivity contribution in [1.82, 2.24) is 4.90 Å². The van der Waals surface area contributed by atoms with Gasteiger partial charge in [-0.25, -0.2) is 0 Å². The van der Waals surface area contributed by atoms with Crippen LogP contribution >= 0.6 is 11.3 Å². The number of hydrogen-bond donors (Lipinski definition) is 1. The highest BCUT2D eigenvalue weighted by Gasteiger charge is 2.37. The number of likely N-dealkylation sites (N-methyl/N-ethyl adjacent to an activating group) is 1. The van der Waals surface area contributed by atoms with E-state index >= 15 is 0 Å². The van der Waals surface area contributed by atoms with Gasteiger partial charge in [-0.2, -0.15) is 0 Å². The van der Waals surface area contributed by atoms with E-state index in [4.69, 9.17) is 0 Å². The zero-order chi connectivity index (χ0) is 13.1. The van der Waals surface area contributed by atoms with Crippen LogP contribution in [0.15, 0.2) is 11.4 Å². The maximum atomic E-state index is 10.7. The Hall–Kier alpha value is -0.380. The highest BCUT2D eigenvalue weighted by Crippen LogP contribution is 2.36. The minimum atomic E-state index is -0.404. The van der Waals surface area contributed by atoms with Crippen LogP contribution in [0.2, 0.25) is 0 Å². The van der Waals surface area contributed by atoms with Crippen LogP contribution in [-0.2, 0) is 0 Å². The predicted molar refractivity (Wildman–Crippen MR) is 75.6 cm³/mol. The first kappa shape index (κ1) is 14.7. The van der Waals surface area contributed by atoms with Crippen molar-refractivity contribution < 1.29 is 5.11 Å². The molecule has 1 aromatic rings. The van der Waals surface area contributed by atoms with E-state index in [1.54, 1.807) is 11.3 Å². The van der Waals surface area contributed by atoms with Gasteiger partial charge in [0.2, 0.25) is 0 Å². The second-order valence-corrected chi connectivity index (χ2v) is 5.84. The summed E-state index contributed by atoms with van der Waals surface area (Å²) in [5.74, 6) is 0. The zero-order valence-electron chi connectivity index (χ0n) is 11.7. The highest BCUT2D eigenvalue weighted by atomic mass is 32.1. The van der Waals surface area contributed by atoms with Gasteiger partial charge in [0.25, 0.3) is 0 Å². The Kier molecular flexibility index (Phi) is 5.17. The summed E-state index contributed by atoms with van der Waals surface area (Å²) in [6, 6.07) is 2.06. The number of aliphatic hydroxyl groups excluding tert-OH is 1. The third kappa shape index (κ3) is 2.72. The van der Waals surface area contributed by atoms with Gasteiger partial charge in [0.1, 0.15) is 0 Å². The third-order valence-corrected chi connectivity index (χ3v) is 4.85. The molecule has 0 saturated heterocycles. The molecule has 1 aromatic heterocycles. The molecular formula is C14H25NOS. The molecule has 2 nitrogen and oxygen atoms in total. The Bertz CT molecular complexity index is 346. The van der Waals surface area contributed by atoms with Crippen molar-refractivity contribution in [2.75, 3.05) is 13.1 Å². The van der Waals surface area contributed by atoms with Crippen LogP contribution in [-0.4, -0.2) is 28.6 Å². The quantitative estimate of drug-likeness (QED) is 0.839. The van der Waals surface area contributed by atoms with Gasteiger partial charge in [-0.05, 0) is 50.4 Å². The molecule has 0 amide bonds. The number of aryl methyl sites for hydroxylation is 1. The van der Waals surface area contributed by atoms with E-state index in [0.29, 0.717) is 0 Å². The molecule has 0 spiro atoms. The molecule has 0 aliphatic carbocycles. The molecule has 0 saturated carbocycles. The average Bonchev–Trinajstić information content (AvgIpc) is 2.75. The summed E-state index contributed by atoms with van der Waals surface area (Å²) in [6.45, 7) is 12.7. The first-order valence-electron chi connectivity index (χ1n) is 6.48. The van der Waals surface area contributed by atoms with E-state index in [1.165, 1.54) is 4.88 Å². The standard InChI is InChI=1S/C14H25NOS/c1-6-14(5,15(7-2)8-3)13(16)12-9-10-17-11(12)4/h9-10,13,16H,6-8H2,1-5H3. The van der Waals surface area contributed by atoms with Gasteiger partial charge in [-0.15, -0.1) is 11.3 Å². The molecule has 98 valence electrons. The van der Waals surface area contributed by atoms with Crippen molar-refractivity contribution in [3.05, 3.63) is 21.9 Å². The lowest BCUT2D eigenvalue weighted by Gasteiger charge is -2.43. The second-order valence-electron chi connectivity index (χ2n) is 4.72.